The monoisotopic (exact) mass is 323 g/mol. The van der Waals surface area contributed by atoms with Gasteiger partial charge >= 0.3 is 0 Å². The fourth-order valence-corrected chi connectivity index (χ4v) is 3.45. The smallest absolute Gasteiger partial charge is 0.232 e. The number of carbonyl (C=O) groups is 1. The molecule has 0 radical (unpaired) electrons. The molecular formula is C15H14ClNO3S. The van der Waals surface area contributed by atoms with Crippen molar-refractivity contribution >= 4 is 27.3 Å². The summed E-state index contributed by atoms with van der Waals surface area (Å²) in [5.74, 6) is -1.73. The molecule has 0 aliphatic rings. The van der Waals surface area contributed by atoms with Crippen LogP contribution in [0.15, 0.2) is 48.5 Å². The first-order valence-electron chi connectivity index (χ1n) is 6.20. The van der Waals surface area contributed by atoms with Crippen LogP contribution in [0.3, 0.4) is 0 Å². The zero-order chi connectivity index (χ0) is 15.5. The fourth-order valence-electron chi connectivity index (χ4n) is 2.06. The number of amides is 1. The van der Waals surface area contributed by atoms with Gasteiger partial charge in [-0.1, -0.05) is 48.0 Å². The molecule has 0 unspecified atom stereocenters. The van der Waals surface area contributed by atoms with Gasteiger partial charge in [-0.3, -0.25) is 4.79 Å². The molecule has 21 heavy (non-hydrogen) atoms. The quantitative estimate of drug-likeness (QED) is 0.917. The number of rotatable bonds is 5. The van der Waals surface area contributed by atoms with E-state index in [9.17, 15) is 13.2 Å². The molecule has 0 saturated carbocycles. The standard InChI is InChI=1S/C15H14ClNO3S/c16-13-7-5-11(6-8-13)14-4-2-1-3-12(14)9-21(19,20)10-15(17)18/h1-8H,9-10H2,(H2,17,18). The Kier molecular flexibility index (Phi) is 4.65. The number of hydrogen-bond acceptors (Lipinski definition) is 3. The number of carbonyl (C=O) groups excluding carboxylic acids is 1. The van der Waals surface area contributed by atoms with E-state index in [0.29, 0.717) is 10.6 Å². The highest BCUT2D eigenvalue weighted by Gasteiger charge is 2.17. The van der Waals surface area contributed by atoms with Gasteiger partial charge in [0.25, 0.3) is 0 Å². The second kappa shape index (κ2) is 6.28. The number of benzene rings is 2. The van der Waals surface area contributed by atoms with Crippen LogP contribution in [0.25, 0.3) is 11.1 Å². The Morgan fingerprint density at radius 1 is 1.05 bits per heavy atom. The Labute approximate surface area is 128 Å². The van der Waals surface area contributed by atoms with Crippen molar-refractivity contribution < 1.29 is 13.2 Å². The van der Waals surface area contributed by atoms with Gasteiger partial charge in [0, 0.05) is 5.02 Å². The van der Waals surface area contributed by atoms with Crippen LogP contribution in [0.2, 0.25) is 5.02 Å². The first-order chi connectivity index (χ1) is 9.87. The maximum atomic E-state index is 11.9. The largest absolute Gasteiger partial charge is 0.369 e. The summed E-state index contributed by atoms with van der Waals surface area (Å²) >= 11 is 5.86. The van der Waals surface area contributed by atoms with E-state index in [1.165, 1.54) is 0 Å². The first-order valence-corrected chi connectivity index (χ1v) is 8.40. The normalized spacial score (nSPS) is 11.3. The summed E-state index contributed by atoms with van der Waals surface area (Å²) in [5, 5.41) is 0.609. The van der Waals surface area contributed by atoms with Crippen LogP contribution in [-0.4, -0.2) is 20.1 Å². The van der Waals surface area contributed by atoms with E-state index in [4.69, 9.17) is 17.3 Å². The molecule has 2 N–H and O–H groups in total. The van der Waals surface area contributed by atoms with Crippen molar-refractivity contribution in [3.8, 4) is 11.1 Å². The molecule has 0 bridgehead atoms. The van der Waals surface area contributed by atoms with Gasteiger partial charge < -0.3 is 5.73 Å². The van der Waals surface area contributed by atoms with Crippen LogP contribution >= 0.6 is 11.6 Å². The van der Waals surface area contributed by atoms with E-state index < -0.39 is 21.5 Å². The maximum absolute atomic E-state index is 11.9. The second-order valence-corrected chi connectivity index (χ2v) is 7.16. The lowest BCUT2D eigenvalue weighted by atomic mass is 10.0. The van der Waals surface area contributed by atoms with E-state index in [2.05, 4.69) is 0 Å². The summed E-state index contributed by atoms with van der Waals surface area (Å²) in [6.45, 7) is 0. The van der Waals surface area contributed by atoms with Crippen LogP contribution in [0, 0.1) is 0 Å². The average molecular weight is 324 g/mol. The van der Waals surface area contributed by atoms with Crippen molar-refractivity contribution in [2.24, 2.45) is 5.73 Å². The fraction of sp³-hybridized carbons (Fsp3) is 0.133. The van der Waals surface area contributed by atoms with Crippen LogP contribution in [0.1, 0.15) is 5.56 Å². The zero-order valence-corrected chi connectivity index (χ0v) is 12.7. The van der Waals surface area contributed by atoms with Gasteiger partial charge in [-0.15, -0.1) is 0 Å². The topological polar surface area (TPSA) is 77.2 Å². The van der Waals surface area contributed by atoms with Crippen molar-refractivity contribution in [3.63, 3.8) is 0 Å². The Balaban J connectivity index is 2.38. The molecular weight excluding hydrogens is 310 g/mol. The molecule has 0 heterocycles. The van der Waals surface area contributed by atoms with E-state index in [0.717, 1.165) is 11.1 Å². The van der Waals surface area contributed by atoms with E-state index in [1.54, 1.807) is 24.3 Å². The highest BCUT2D eigenvalue weighted by atomic mass is 35.5. The third-order valence-electron chi connectivity index (χ3n) is 2.91. The van der Waals surface area contributed by atoms with Crippen molar-refractivity contribution in [1.82, 2.24) is 0 Å². The molecule has 1 amide bonds. The minimum absolute atomic E-state index is 0.227. The Bertz CT molecular complexity index is 755. The van der Waals surface area contributed by atoms with E-state index in [-0.39, 0.29) is 5.75 Å². The molecule has 0 aliphatic carbocycles. The predicted molar refractivity (Wildman–Crippen MR) is 83.6 cm³/mol. The molecule has 0 aliphatic heterocycles. The molecule has 2 aromatic rings. The summed E-state index contributed by atoms with van der Waals surface area (Å²) < 4.78 is 23.9. The Morgan fingerprint density at radius 3 is 2.29 bits per heavy atom. The summed E-state index contributed by atoms with van der Waals surface area (Å²) in [6, 6.07) is 14.3. The molecule has 0 saturated heterocycles. The highest BCUT2D eigenvalue weighted by Crippen LogP contribution is 2.26. The summed E-state index contributed by atoms with van der Waals surface area (Å²) in [7, 11) is -3.57. The minimum Gasteiger partial charge on any atom is -0.369 e. The molecule has 6 heteroatoms. The van der Waals surface area contributed by atoms with Crippen molar-refractivity contribution in [2.75, 3.05) is 5.75 Å². The van der Waals surface area contributed by atoms with Crippen LogP contribution in [0.5, 0.6) is 0 Å². The average Bonchev–Trinajstić information content (AvgIpc) is 2.38. The molecule has 0 fully saturated rings. The van der Waals surface area contributed by atoms with Gasteiger partial charge in [0.2, 0.25) is 5.91 Å². The lowest BCUT2D eigenvalue weighted by Crippen LogP contribution is -2.24. The number of primary amides is 1. The third kappa shape index (κ3) is 4.31. The number of sulfone groups is 1. The van der Waals surface area contributed by atoms with Gasteiger partial charge in [-0.25, -0.2) is 8.42 Å². The number of hydrogen-bond donors (Lipinski definition) is 1. The van der Waals surface area contributed by atoms with Gasteiger partial charge in [0.05, 0.1) is 5.75 Å². The predicted octanol–water partition coefficient (Wildman–Crippen LogP) is 2.41. The lowest BCUT2D eigenvalue weighted by Gasteiger charge is -2.10. The van der Waals surface area contributed by atoms with Crippen molar-refractivity contribution in [2.45, 2.75) is 5.75 Å². The van der Waals surface area contributed by atoms with Gasteiger partial charge in [0.15, 0.2) is 9.84 Å². The molecule has 110 valence electrons. The first kappa shape index (κ1) is 15.5. The number of nitrogens with two attached hydrogens (primary N) is 1. The van der Waals surface area contributed by atoms with Gasteiger partial charge in [0.1, 0.15) is 5.75 Å². The summed E-state index contributed by atoms with van der Waals surface area (Å²) in [6.07, 6.45) is 0. The van der Waals surface area contributed by atoms with Gasteiger partial charge in [-0.05, 0) is 28.8 Å². The maximum Gasteiger partial charge on any atom is 0.232 e. The van der Waals surface area contributed by atoms with E-state index in [1.807, 2.05) is 24.3 Å². The molecule has 0 spiro atoms. The molecule has 4 nitrogen and oxygen atoms in total. The Morgan fingerprint density at radius 2 is 1.67 bits per heavy atom. The summed E-state index contributed by atoms with van der Waals surface area (Å²) in [4.78, 5) is 10.8. The number of halogens is 1. The van der Waals surface area contributed by atoms with E-state index >= 15 is 0 Å². The SMILES string of the molecule is NC(=O)CS(=O)(=O)Cc1ccccc1-c1ccc(Cl)cc1. The van der Waals surface area contributed by atoms with Crippen LogP contribution < -0.4 is 5.73 Å². The second-order valence-electron chi connectivity index (χ2n) is 4.66. The lowest BCUT2D eigenvalue weighted by molar-refractivity contribution is -0.115. The van der Waals surface area contributed by atoms with Gasteiger partial charge in [-0.2, -0.15) is 0 Å². The Hall–Kier alpha value is -1.85. The van der Waals surface area contributed by atoms with Crippen molar-refractivity contribution in [1.29, 1.82) is 0 Å². The zero-order valence-electron chi connectivity index (χ0n) is 11.1. The summed E-state index contributed by atoms with van der Waals surface area (Å²) in [5.41, 5.74) is 7.25. The van der Waals surface area contributed by atoms with Crippen LogP contribution in [-0.2, 0) is 20.4 Å². The van der Waals surface area contributed by atoms with Crippen LogP contribution in [0.4, 0.5) is 0 Å². The van der Waals surface area contributed by atoms with Crippen molar-refractivity contribution in [3.05, 3.63) is 59.1 Å². The minimum atomic E-state index is -3.57. The highest BCUT2D eigenvalue weighted by molar-refractivity contribution is 7.91. The third-order valence-corrected chi connectivity index (χ3v) is 4.64. The molecule has 2 rings (SSSR count). The molecule has 0 aromatic heterocycles. The molecule has 2 aromatic carbocycles. The molecule has 0 atom stereocenters.